The van der Waals surface area contributed by atoms with E-state index in [-0.39, 0.29) is 11.9 Å². The van der Waals surface area contributed by atoms with Gasteiger partial charge in [-0.3, -0.25) is 4.79 Å². The Morgan fingerprint density at radius 2 is 1.89 bits per heavy atom. The summed E-state index contributed by atoms with van der Waals surface area (Å²) in [5.74, 6) is 0.396. The maximum absolute atomic E-state index is 11.7. The van der Waals surface area contributed by atoms with Crippen molar-refractivity contribution in [1.82, 2.24) is 10.6 Å². The Morgan fingerprint density at radius 3 is 2.42 bits per heavy atom. The minimum atomic E-state index is -0.537. The molecule has 2 atom stereocenters. The molecule has 0 spiro atoms. The van der Waals surface area contributed by atoms with Crippen LogP contribution < -0.4 is 10.6 Å². The number of rotatable bonds is 2. The fourth-order valence-electron chi connectivity index (χ4n) is 2.88. The Kier molecular flexibility index (Phi) is 4.02. The van der Waals surface area contributed by atoms with Gasteiger partial charge in [-0.2, -0.15) is 0 Å². The molecule has 108 valence electrons. The van der Waals surface area contributed by atoms with Gasteiger partial charge in [0.25, 0.3) is 0 Å². The molecule has 5 nitrogen and oxygen atoms in total. The van der Waals surface area contributed by atoms with Gasteiger partial charge in [-0.05, 0) is 39.5 Å². The highest BCUT2D eigenvalue weighted by Crippen LogP contribution is 2.30. The lowest BCUT2D eigenvalue weighted by Crippen LogP contribution is -2.71. The summed E-state index contributed by atoms with van der Waals surface area (Å²) in [4.78, 5) is 23.3. The second-order valence-corrected chi connectivity index (χ2v) is 6.56. The quantitative estimate of drug-likeness (QED) is 0.752. The molecule has 1 aliphatic carbocycles. The summed E-state index contributed by atoms with van der Waals surface area (Å²) in [6, 6.07) is -0.335. The second-order valence-electron chi connectivity index (χ2n) is 6.56. The van der Waals surface area contributed by atoms with Crippen LogP contribution >= 0.6 is 0 Å². The van der Waals surface area contributed by atoms with Crippen molar-refractivity contribution < 1.29 is 14.3 Å². The van der Waals surface area contributed by atoms with Gasteiger partial charge in [-0.25, -0.2) is 4.79 Å². The van der Waals surface area contributed by atoms with E-state index in [1.807, 2.05) is 20.8 Å². The fourth-order valence-corrected chi connectivity index (χ4v) is 2.88. The summed E-state index contributed by atoms with van der Waals surface area (Å²) >= 11 is 0. The third kappa shape index (κ3) is 3.61. The Bertz CT molecular complexity index is 356. The molecule has 2 fully saturated rings. The van der Waals surface area contributed by atoms with Crippen LogP contribution in [-0.2, 0) is 9.53 Å². The first-order valence-corrected chi connectivity index (χ1v) is 7.17. The molecule has 1 saturated carbocycles. The van der Waals surface area contributed by atoms with Crippen LogP contribution in [0.15, 0.2) is 0 Å². The van der Waals surface area contributed by atoms with Crippen LogP contribution in [0.25, 0.3) is 0 Å². The van der Waals surface area contributed by atoms with E-state index in [1.54, 1.807) is 0 Å². The van der Waals surface area contributed by atoms with E-state index in [0.717, 1.165) is 12.8 Å². The summed E-state index contributed by atoms with van der Waals surface area (Å²) in [5.41, 5.74) is -0.537. The van der Waals surface area contributed by atoms with E-state index in [4.69, 9.17) is 4.74 Å². The number of nitrogens with one attached hydrogen (secondary N) is 2. The minimum Gasteiger partial charge on any atom is -0.444 e. The molecule has 1 saturated heterocycles. The number of amides is 2. The highest BCUT2D eigenvalue weighted by Gasteiger charge is 2.45. The average molecular weight is 268 g/mol. The SMILES string of the molecule is CC(C)(C)OC(=O)NC1C(=O)NC1C1CCCCC1. The predicted octanol–water partition coefficient (Wildman–Crippen LogP) is 1.96. The van der Waals surface area contributed by atoms with Crippen molar-refractivity contribution >= 4 is 12.0 Å². The summed E-state index contributed by atoms with van der Waals surface area (Å²) in [5, 5.41) is 5.62. The monoisotopic (exact) mass is 268 g/mol. The van der Waals surface area contributed by atoms with E-state index >= 15 is 0 Å². The van der Waals surface area contributed by atoms with Crippen molar-refractivity contribution in [3.8, 4) is 0 Å². The lowest BCUT2D eigenvalue weighted by molar-refractivity contribution is -0.133. The lowest BCUT2D eigenvalue weighted by atomic mass is 9.77. The van der Waals surface area contributed by atoms with Crippen molar-refractivity contribution in [2.45, 2.75) is 70.6 Å². The smallest absolute Gasteiger partial charge is 0.408 e. The molecule has 0 aromatic heterocycles. The number of carbonyl (C=O) groups excluding carboxylic acids is 2. The van der Waals surface area contributed by atoms with Crippen molar-refractivity contribution in [2.75, 3.05) is 0 Å². The third-order valence-corrected chi connectivity index (χ3v) is 3.78. The molecule has 0 radical (unpaired) electrons. The molecule has 2 N–H and O–H groups in total. The van der Waals surface area contributed by atoms with Gasteiger partial charge in [0, 0.05) is 0 Å². The Hall–Kier alpha value is -1.26. The molecule has 2 unspecified atom stereocenters. The summed E-state index contributed by atoms with van der Waals surface area (Å²) in [7, 11) is 0. The third-order valence-electron chi connectivity index (χ3n) is 3.78. The van der Waals surface area contributed by atoms with Gasteiger partial charge < -0.3 is 15.4 Å². The van der Waals surface area contributed by atoms with Crippen molar-refractivity contribution in [1.29, 1.82) is 0 Å². The zero-order chi connectivity index (χ0) is 14.0. The summed E-state index contributed by atoms with van der Waals surface area (Å²) in [6.07, 6.45) is 5.48. The Balaban J connectivity index is 1.87. The first-order chi connectivity index (χ1) is 8.87. The Labute approximate surface area is 114 Å². The molecule has 1 heterocycles. The van der Waals surface area contributed by atoms with E-state index in [0.29, 0.717) is 5.92 Å². The van der Waals surface area contributed by atoms with Gasteiger partial charge in [0.15, 0.2) is 0 Å². The number of hydrogen-bond donors (Lipinski definition) is 2. The number of ether oxygens (including phenoxy) is 1. The first kappa shape index (κ1) is 14.2. The summed E-state index contributed by atoms with van der Waals surface area (Å²) < 4.78 is 5.20. The van der Waals surface area contributed by atoms with Crippen LogP contribution in [0.3, 0.4) is 0 Å². The largest absolute Gasteiger partial charge is 0.444 e. The number of β-lactam (4-membered cyclic amide) rings is 1. The predicted molar refractivity (Wildman–Crippen MR) is 71.7 cm³/mol. The highest BCUT2D eigenvalue weighted by atomic mass is 16.6. The molecular weight excluding hydrogens is 244 g/mol. The van der Waals surface area contributed by atoms with Gasteiger partial charge in [0.05, 0.1) is 6.04 Å². The molecule has 0 aromatic carbocycles. The number of hydrogen-bond acceptors (Lipinski definition) is 3. The lowest BCUT2D eigenvalue weighted by Gasteiger charge is -2.43. The molecule has 0 bridgehead atoms. The van der Waals surface area contributed by atoms with E-state index in [1.165, 1.54) is 19.3 Å². The topological polar surface area (TPSA) is 67.4 Å². The van der Waals surface area contributed by atoms with Gasteiger partial charge in [-0.1, -0.05) is 19.3 Å². The maximum Gasteiger partial charge on any atom is 0.408 e. The van der Waals surface area contributed by atoms with Crippen LogP contribution in [0, 0.1) is 5.92 Å². The average Bonchev–Trinajstić information content (AvgIpc) is 2.32. The van der Waals surface area contributed by atoms with Crippen molar-refractivity contribution in [3.05, 3.63) is 0 Å². The standard InChI is InChI=1S/C14H24N2O3/c1-14(2,3)19-13(18)16-11-10(15-12(11)17)9-7-5-4-6-8-9/h9-11H,4-8H2,1-3H3,(H,15,17)(H,16,18). The van der Waals surface area contributed by atoms with Crippen molar-refractivity contribution in [2.24, 2.45) is 5.92 Å². The fraction of sp³-hybridized carbons (Fsp3) is 0.857. The Morgan fingerprint density at radius 1 is 1.26 bits per heavy atom. The molecule has 5 heteroatoms. The van der Waals surface area contributed by atoms with Crippen LogP contribution in [0.2, 0.25) is 0 Å². The van der Waals surface area contributed by atoms with E-state index < -0.39 is 17.7 Å². The highest BCUT2D eigenvalue weighted by molar-refractivity contribution is 5.92. The second kappa shape index (κ2) is 5.39. The van der Waals surface area contributed by atoms with Crippen molar-refractivity contribution in [3.63, 3.8) is 0 Å². The van der Waals surface area contributed by atoms with Crippen LogP contribution in [0.5, 0.6) is 0 Å². The number of alkyl carbamates (subject to hydrolysis) is 1. The molecule has 2 rings (SSSR count). The zero-order valence-electron chi connectivity index (χ0n) is 12.0. The molecule has 2 aliphatic rings. The van der Waals surface area contributed by atoms with Crippen LogP contribution in [0.4, 0.5) is 4.79 Å². The zero-order valence-corrected chi connectivity index (χ0v) is 12.0. The van der Waals surface area contributed by atoms with E-state index in [2.05, 4.69) is 10.6 Å². The van der Waals surface area contributed by atoms with Gasteiger partial charge in [0.1, 0.15) is 11.6 Å². The minimum absolute atomic E-state index is 0.0836. The van der Waals surface area contributed by atoms with Gasteiger partial charge in [-0.15, -0.1) is 0 Å². The van der Waals surface area contributed by atoms with E-state index in [9.17, 15) is 9.59 Å². The molecule has 19 heavy (non-hydrogen) atoms. The number of carbonyl (C=O) groups is 2. The van der Waals surface area contributed by atoms with Gasteiger partial charge in [0.2, 0.25) is 5.91 Å². The summed E-state index contributed by atoms with van der Waals surface area (Å²) in [6.45, 7) is 5.43. The maximum atomic E-state index is 11.7. The normalized spacial score (nSPS) is 28.3. The van der Waals surface area contributed by atoms with Crippen LogP contribution in [0.1, 0.15) is 52.9 Å². The van der Waals surface area contributed by atoms with Crippen LogP contribution in [-0.4, -0.2) is 29.7 Å². The van der Waals surface area contributed by atoms with Gasteiger partial charge >= 0.3 is 6.09 Å². The molecular formula is C14H24N2O3. The molecule has 2 amide bonds. The molecule has 0 aromatic rings. The molecule has 1 aliphatic heterocycles. The first-order valence-electron chi connectivity index (χ1n) is 7.17.